The van der Waals surface area contributed by atoms with Crippen LogP contribution in [0, 0.1) is 18.7 Å². The fraction of sp³-hybridized carbons (Fsp3) is 0.531. The number of benzene rings is 2. The first-order valence-corrected chi connectivity index (χ1v) is 15.3. The van der Waals surface area contributed by atoms with Crippen LogP contribution >= 0.6 is 0 Å². The van der Waals surface area contributed by atoms with Crippen molar-refractivity contribution in [1.82, 2.24) is 15.1 Å². The van der Waals surface area contributed by atoms with Crippen molar-refractivity contribution in [2.75, 3.05) is 32.8 Å². The summed E-state index contributed by atoms with van der Waals surface area (Å²) in [6.07, 6.45) is -10.2. The summed E-state index contributed by atoms with van der Waals surface area (Å²) >= 11 is 0. The lowest BCUT2D eigenvalue weighted by molar-refractivity contribution is -0.149. The highest BCUT2D eigenvalue weighted by Crippen LogP contribution is 2.37. The van der Waals surface area contributed by atoms with E-state index in [9.17, 15) is 45.1 Å². The number of hydrogen-bond acceptors (Lipinski definition) is 5. The molecule has 47 heavy (non-hydrogen) atoms. The number of ether oxygens (including phenoxy) is 2. The van der Waals surface area contributed by atoms with Crippen molar-refractivity contribution < 1.29 is 54.6 Å². The van der Waals surface area contributed by atoms with E-state index < -0.39 is 53.6 Å². The Morgan fingerprint density at radius 2 is 1.55 bits per heavy atom. The molecule has 15 heteroatoms. The lowest BCUT2D eigenvalue weighted by Crippen LogP contribution is -2.49. The topological polar surface area (TPSA) is 88.2 Å². The molecule has 2 aliphatic heterocycles. The predicted molar refractivity (Wildman–Crippen MR) is 155 cm³/mol. The van der Waals surface area contributed by atoms with E-state index in [1.54, 1.807) is 13.8 Å². The maximum absolute atomic E-state index is 13.9. The number of rotatable bonds is 7. The van der Waals surface area contributed by atoms with Crippen LogP contribution in [-0.4, -0.2) is 66.8 Å². The third kappa shape index (κ3) is 9.28. The summed E-state index contributed by atoms with van der Waals surface area (Å²) in [7, 11) is 0. The van der Waals surface area contributed by atoms with Gasteiger partial charge in [-0.05, 0) is 80.1 Å². The molecule has 0 saturated carbocycles. The normalized spacial score (nSPS) is 19.3. The molecule has 0 aliphatic carbocycles. The third-order valence-corrected chi connectivity index (χ3v) is 8.38. The first-order valence-electron chi connectivity index (χ1n) is 15.3. The van der Waals surface area contributed by atoms with Gasteiger partial charge in [0.15, 0.2) is 0 Å². The average Bonchev–Trinajstić information content (AvgIpc) is 3.00. The van der Waals surface area contributed by atoms with Crippen LogP contribution in [0.3, 0.4) is 0 Å². The fourth-order valence-electron chi connectivity index (χ4n) is 5.94. The summed E-state index contributed by atoms with van der Waals surface area (Å²) in [6, 6.07) is 4.00. The van der Waals surface area contributed by atoms with E-state index >= 15 is 0 Å². The Morgan fingerprint density at radius 3 is 2.13 bits per heavy atom. The Labute approximate surface area is 267 Å². The number of halogens is 7. The number of carbonyl (C=O) groups is 3. The number of likely N-dealkylation sites (tertiary alicyclic amines) is 2. The summed E-state index contributed by atoms with van der Waals surface area (Å²) in [5.74, 6) is -1.09. The van der Waals surface area contributed by atoms with Crippen LogP contribution in [0.15, 0.2) is 36.4 Å². The van der Waals surface area contributed by atoms with Crippen molar-refractivity contribution >= 4 is 18.1 Å². The third-order valence-electron chi connectivity index (χ3n) is 8.38. The fourth-order valence-corrected chi connectivity index (χ4v) is 5.94. The number of piperidine rings is 2. The second-order valence-electron chi connectivity index (χ2n) is 11.6. The molecule has 2 saturated heterocycles. The molecule has 0 radical (unpaired) electrons. The van der Waals surface area contributed by atoms with E-state index in [2.05, 4.69) is 5.32 Å². The van der Waals surface area contributed by atoms with Gasteiger partial charge in [0.25, 0.3) is 0 Å². The quantitative estimate of drug-likeness (QED) is 0.251. The largest absolute Gasteiger partial charge is 0.466 e. The monoisotopic (exact) mass is 675 g/mol. The van der Waals surface area contributed by atoms with Crippen molar-refractivity contribution in [2.24, 2.45) is 5.92 Å². The standard InChI is InChI=1S/C32H36F7N3O5/c1-3-46-28(43)21-7-11-41(12-8-21)30(45)47-25-9-13-42(27(18-25)26-5-4-24(33)14-19(26)2)29(44)40-10-6-20-15-22(31(34,35)36)17-23(16-20)32(37,38)39/h4-5,14-17,21,25,27H,3,6-13,18H2,1-2H3,(H,40,44)/t25-,27+/m0/s1. The molecule has 1 N–H and O–H groups in total. The summed E-state index contributed by atoms with van der Waals surface area (Å²) in [5, 5.41) is 2.57. The molecule has 0 unspecified atom stereocenters. The van der Waals surface area contributed by atoms with Crippen molar-refractivity contribution in [1.29, 1.82) is 0 Å². The summed E-state index contributed by atoms with van der Waals surface area (Å²) in [4.78, 5) is 41.3. The van der Waals surface area contributed by atoms with Gasteiger partial charge in [-0.15, -0.1) is 0 Å². The van der Waals surface area contributed by atoms with Gasteiger partial charge in [0, 0.05) is 39.0 Å². The van der Waals surface area contributed by atoms with E-state index in [-0.39, 0.29) is 62.5 Å². The molecule has 258 valence electrons. The molecular weight excluding hydrogens is 639 g/mol. The molecule has 8 nitrogen and oxygen atoms in total. The average molecular weight is 676 g/mol. The van der Waals surface area contributed by atoms with E-state index in [1.165, 1.54) is 28.0 Å². The molecule has 4 rings (SSSR count). The second-order valence-corrected chi connectivity index (χ2v) is 11.6. The highest BCUT2D eigenvalue weighted by molar-refractivity contribution is 5.75. The molecule has 2 fully saturated rings. The molecule has 3 amide bonds. The van der Waals surface area contributed by atoms with Crippen LogP contribution in [0.4, 0.5) is 40.3 Å². The number of amides is 3. The van der Waals surface area contributed by atoms with Crippen LogP contribution in [-0.2, 0) is 33.0 Å². The van der Waals surface area contributed by atoms with Crippen LogP contribution in [0.25, 0.3) is 0 Å². The number of carbonyl (C=O) groups excluding carboxylic acids is 3. The lowest BCUT2D eigenvalue weighted by atomic mass is 9.90. The molecule has 2 aliphatic rings. The molecule has 2 atom stereocenters. The maximum Gasteiger partial charge on any atom is 0.416 e. The van der Waals surface area contributed by atoms with Crippen molar-refractivity contribution in [3.63, 3.8) is 0 Å². The lowest BCUT2D eigenvalue weighted by Gasteiger charge is -2.40. The Hall–Kier alpha value is -4.04. The zero-order valence-electron chi connectivity index (χ0n) is 25.8. The Morgan fingerprint density at radius 1 is 0.915 bits per heavy atom. The van der Waals surface area contributed by atoms with Crippen LogP contribution in [0.5, 0.6) is 0 Å². The summed E-state index contributed by atoms with van der Waals surface area (Å²) in [6.45, 7) is 4.09. The van der Waals surface area contributed by atoms with Crippen LogP contribution in [0.1, 0.15) is 66.5 Å². The van der Waals surface area contributed by atoms with Gasteiger partial charge in [0.2, 0.25) is 0 Å². The number of esters is 1. The molecule has 0 bridgehead atoms. The molecule has 0 spiro atoms. The Bertz CT molecular complexity index is 1410. The minimum Gasteiger partial charge on any atom is -0.466 e. The molecule has 2 aromatic rings. The molecule has 2 aromatic carbocycles. The minimum absolute atomic E-state index is 0.0418. The SMILES string of the molecule is CCOC(=O)C1CCN(C(=O)O[C@H]2CCN(C(=O)NCCc3cc(C(F)(F)F)cc(C(F)(F)F)c3)[C@@H](c3ccc(F)cc3C)C2)CC1. The number of nitrogens with zero attached hydrogens (tertiary/aromatic N) is 2. The predicted octanol–water partition coefficient (Wildman–Crippen LogP) is 7.04. The van der Waals surface area contributed by atoms with Crippen molar-refractivity contribution in [3.05, 3.63) is 70.0 Å². The number of nitrogens with one attached hydrogen (secondary N) is 1. The number of urea groups is 1. The molecule has 2 heterocycles. The van der Waals surface area contributed by atoms with Gasteiger partial charge in [-0.1, -0.05) is 6.07 Å². The zero-order chi connectivity index (χ0) is 34.5. The van der Waals surface area contributed by atoms with Gasteiger partial charge in [-0.3, -0.25) is 4.79 Å². The van der Waals surface area contributed by atoms with Gasteiger partial charge in [-0.2, -0.15) is 26.3 Å². The highest BCUT2D eigenvalue weighted by Gasteiger charge is 2.38. The summed E-state index contributed by atoms with van der Waals surface area (Å²) in [5.41, 5.74) is -2.02. The zero-order valence-corrected chi connectivity index (χ0v) is 25.8. The molecular formula is C32H36F7N3O5. The van der Waals surface area contributed by atoms with Crippen molar-refractivity contribution in [3.8, 4) is 0 Å². The molecule has 0 aromatic heterocycles. The number of alkyl halides is 6. The van der Waals surface area contributed by atoms with Crippen LogP contribution < -0.4 is 5.32 Å². The van der Waals surface area contributed by atoms with E-state index in [4.69, 9.17) is 9.47 Å². The first kappa shape index (κ1) is 35.8. The van der Waals surface area contributed by atoms with E-state index in [0.717, 1.165) is 0 Å². The Balaban J connectivity index is 1.42. The van der Waals surface area contributed by atoms with Crippen LogP contribution in [0.2, 0.25) is 0 Å². The van der Waals surface area contributed by atoms with Gasteiger partial charge >= 0.3 is 30.4 Å². The van der Waals surface area contributed by atoms with Gasteiger partial charge < -0.3 is 24.6 Å². The van der Waals surface area contributed by atoms with Crippen molar-refractivity contribution in [2.45, 2.75) is 70.4 Å². The Kier molecular flexibility index (Phi) is 11.3. The maximum atomic E-state index is 13.9. The number of aryl methyl sites for hydroxylation is 1. The van der Waals surface area contributed by atoms with Gasteiger partial charge in [0.05, 0.1) is 29.7 Å². The first-order chi connectivity index (χ1) is 22.1. The second kappa shape index (κ2) is 14.8. The highest BCUT2D eigenvalue weighted by atomic mass is 19.4. The minimum atomic E-state index is -4.99. The number of hydrogen-bond donors (Lipinski definition) is 1. The smallest absolute Gasteiger partial charge is 0.416 e. The van der Waals surface area contributed by atoms with E-state index in [1.807, 2.05) is 0 Å². The summed E-state index contributed by atoms with van der Waals surface area (Å²) < 4.78 is 104. The van der Waals surface area contributed by atoms with Gasteiger partial charge in [-0.25, -0.2) is 14.0 Å². The van der Waals surface area contributed by atoms with E-state index in [0.29, 0.717) is 49.2 Å². The van der Waals surface area contributed by atoms with Gasteiger partial charge in [0.1, 0.15) is 11.9 Å².